The molecule has 0 spiro atoms. The van der Waals surface area contributed by atoms with Gasteiger partial charge in [-0.2, -0.15) is 0 Å². The zero-order valence-corrected chi connectivity index (χ0v) is 13.6. The van der Waals surface area contributed by atoms with E-state index in [4.69, 9.17) is 0 Å². The van der Waals surface area contributed by atoms with Gasteiger partial charge in [0.25, 0.3) is 0 Å². The molecule has 0 radical (unpaired) electrons. The monoisotopic (exact) mass is 290 g/mol. The van der Waals surface area contributed by atoms with Crippen molar-refractivity contribution in [1.82, 2.24) is 5.32 Å². The van der Waals surface area contributed by atoms with Crippen molar-refractivity contribution in [2.75, 3.05) is 11.9 Å². The molecule has 0 fully saturated rings. The van der Waals surface area contributed by atoms with E-state index in [2.05, 4.69) is 38.3 Å². The number of carbonyl (C=O) groups is 2. The summed E-state index contributed by atoms with van der Waals surface area (Å²) in [5.41, 5.74) is 1.22. The molecule has 0 aromatic heterocycles. The fraction of sp³-hybridized carbons (Fsp3) is 0.529. The highest BCUT2D eigenvalue weighted by atomic mass is 16.2. The van der Waals surface area contributed by atoms with Gasteiger partial charge in [-0.25, -0.2) is 4.79 Å². The Balaban J connectivity index is 2.58. The number of benzene rings is 1. The van der Waals surface area contributed by atoms with Gasteiger partial charge in [-0.15, -0.1) is 0 Å². The molecule has 116 valence electrons. The Morgan fingerprint density at radius 3 is 2.24 bits per heavy atom. The Kier molecular flexibility index (Phi) is 6.40. The summed E-state index contributed by atoms with van der Waals surface area (Å²) in [7, 11) is 0. The first-order valence-corrected chi connectivity index (χ1v) is 7.47. The number of anilines is 1. The van der Waals surface area contributed by atoms with E-state index < -0.39 is 0 Å². The maximum Gasteiger partial charge on any atom is 0.319 e. The summed E-state index contributed by atoms with van der Waals surface area (Å²) < 4.78 is 0. The summed E-state index contributed by atoms with van der Waals surface area (Å²) in [5.74, 6) is 1.47. The van der Waals surface area contributed by atoms with Crippen LogP contribution in [0.1, 0.15) is 45.0 Å². The number of rotatable bonds is 6. The molecular weight excluding hydrogens is 264 g/mol. The fourth-order valence-corrected chi connectivity index (χ4v) is 2.44. The summed E-state index contributed by atoms with van der Waals surface area (Å²) in [6, 6.07) is 6.72. The summed E-state index contributed by atoms with van der Waals surface area (Å²) in [5, 5.41) is 5.68. The number of urea groups is 1. The molecule has 1 aromatic carbocycles. The van der Waals surface area contributed by atoms with Crippen LogP contribution in [0.2, 0.25) is 0 Å². The van der Waals surface area contributed by atoms with Gasteiger partial charge in [0.1, 0.15) is 0 Å². The molecular formula is C17H26N2O2. The van der Waals surface area contributed by atoms with Crippen LogP contribution in [0.5, 0.6) is 0 Å². The number of ketones is 1. The molecule has 2 N–H and O–H groups in total. The third-order valence-electron chi connectivity index (χ3n) is 3.74. The predicted octanol–water partition coefficient (Wildman–Crippen LogP) is 3.94. The third kappa shape index (κ3) is 5.58. The first-order chi connectivity index (χ1) is 9.81. The first kappa shape index (κ1) is 17.2. The molecule has 0 heterocycles. The Morgan fingerprint density at radius 1 is 1.10 bits per heavy atom. The van der Waals surface area contributed by atoms with Crippen molar-refractivity contribution in [2.24, 2.45) is 17.8 Å². The average Bonchev–Trinajstić information content (AvgIpc) is 2.38. The summed E-state index contributed by atoms with van der Waals surface area (Å²) in [6.07, 6.45) is 0. The van der Waals surface area contributed by atoms with Crippen molar-refractivity contribution in [3.05, 3.63) is 29.8 Å². The normalized spacial score (nSPS) is 11.0. The molecule has 0 aliphatic rings. The molecule has 1 rings (SSSR count). The second kappa shape index (κ2) is 7.81. The molecule has 0 saturated heterocycles. The molecule has 0 bridgehead atoms. The van der Waals surface area contributed by atoms with Gasteiger partial charge in [0, 0.05) is 17.8 Å². The number of nitrogens with one attached hydrogen (secondary N) is 2. The standard InChI is InChI=1S/C17H26N2O2/c1-11(2)16(12(3)4)10-18-17(21)19-15-8-6-7-14(9-15)13(5)20/h6-9,11-12,16H,10H2,1-5H3,(H2,18,19,21). The van der Waals surface area contributed by atoms with Gasteiger partial charge in [0.05, 0.1) is 0 Å². The van der Waals surface area contributed by atoms with Crippen molar-refractivity contribution in [3.8, 4) is 0 Å². The van der Waals surface area contributed by atoms with E-state index in [-0.39, 0.29) is 11.8 Å². The highest BCUT2D eigenvalue weighted by Crippen LogP contribution is 2.19. The maximum absolute atomic E-state index is 11.9. The molecule has 0 saturated carbocycles. The smallest absolute Gasteiger partial charge is 0.319 e. The molecule has 0 unspecified atom stereocenters. The van der Waals surface area contributed by atoms with Gasteiger partial charge >= 0.3 is 6.03 Å². The number of carbonyl (C=O) groups excluding carboxylic acids is 2. The van der Waals surface area contributed by atoms with E-state index in [1.807, 2.05) is 0 Å². The van der Waals surface area contributed by atoms with Crippen LogP contribution in [0.25, 0.3) is 0 Å². The number of Topliss-reactive ketones (excluding diaryl/α,β-unsaturated/α-hetero) is 1. The number of amides is 2. The maximum atomic E-state index is 11.9. The molecule has 4 nitrogen and oxygen atoms in total. The van der Waals surface area contributed by atoms with Crippen LogP contribution in [-0.2, 0) is 0 Å². The quantitative estimate of drug-likeness (QED) is 0.780. The predicted molar refractivity (Wildman–Crippen MR) is 86.6 cm³/mol. The lowest BCUT2D eigenvalue weighted by atomic mass is 9.85. The van der Waals surface area contributed by atoms with Crippen molar-refractivity contribution < 1.29 is 9.59 Å². The van der Waals surface area contributed by atoms with E-state index in [0.29, 0.717) is 35.5 Å². The molecule has 4 heteroatoms. The first-order valence-electron chi connectivity index (χ1n) is 7.47. The summed E-state index contributed by atoms with van der Waals surface area (Å²) in [4.78, 5) is 23.3. The van der Waals surface area contributed by atoms with E-state index in [1.165, 1.54) is 6.92 Å². The van der Waals surface area contributed by atoms with E-state index >= 15 is 0 Å². The summed E-state index contributed by atoms with van der Waals surface area (Å²) in [6.45, 7) is 10.8. The van der Waals surface area contributed by atoms with Crippen LogP contribution in [-0.4, -0.2) is 18.4 Å². The molecule has 1 aromatic rings. The van der Waals surface area contributed by atoms with Crippen molar-refractivity contribution in [1.29, 1.82) is 0 Å². The van der Waals surface area contributed by atoms with Crippen LogP contribution < -0.4 is 10.6 Å². The van der Waals surface area contributed by atoms with E-state index in [0.717, 1.165) is 0 Å². The van der Waals surface area contributed by atoms with Crippen LogP contribution in [0.4, 0.5) is 10.5 Å². The van der Waals surface area contributed by atoms with Gasteiger partial charge in [-0.3, -0.25) is 4.79 Å². The largest absolute Gasteiger partial charge is 0.338 e. The van der Waals surface area contributed by atoms with Gasteiger partial charge in [-0.1, -0.05) is 39.8 Å². The number of hydrogen-bond donors (Lipinski definition) is 2. The lowest BCUT2D eigenvalue weighted by Crippen LogP contribution is -2.36. The average molecular weight is 290 g/mol. The van der Waals surface area contributed by atoms with Crippen LogP contribution in [0.15, 0.2) is 24.3 Å². The topological polar surface area (TPSA) is 58.2 Å². The number of hydrogen-bond acceptors (Lipinski definition) is 2. The zero-order valence-electron chi connectivity index (χ0n) is 13.6. The van der Waals surface area contributed by atoms with Crippen molar-refractivity contribution >= 4 is 17.5 Å². The molecule has 2 amide bonds. The Labute approximate surface area is 127 Å². The minimum Gasteiger partial charge on any atom is -0.338 e. The Bertz CT molecular complexity index is 487. The van der Waals surface area contributed by atoms with Gasteiger partial charge in [-0.05, 0) is 36.8 Å². The van der Waals surface area contributed by atoms with Crippen LogP contribution >= 0.6 is 0 Å². The third-order valence-corrected chi connectivity index (χ3v) is 3.74. The minimum absolute atomic E-state index is 0.0151. The zero-order chi connectivity index (χ0) is 16.0. The lowest BCUT2D eigenvalue weighted by Gasteiger charge is -2.25. The fourth-order valence-electron chi connectivity index (χ4n) is 2.44. The Hall–Kier alpha value is -1.84. The highest BCUT2D eigenvalue weighted by molar-refractivity contribution is 5.96. The summed E-state index contributed by atoms with van der Waals surface area (Å²) >= 11 is 0. The second-order valence-corrected chi connectivity index (χ2v) is 6.12. The van der Waals surface area contributed by atoms with Crippen LogP contribution in [0.3, 0.4) is 0 Å². The second-order valence-electron chi connectivity index (χ2n) is 6.12. The SMILES string of the molecule is CC(=O)c1cccc(NC(=O)NCC(C(C)C)C(C)C)c1. The van der Waals surface area contributed by atoms with Crippen molar-refractivity contribution in [2.45, 2.75) is 34.6 Å². The minimum atomic E-state index is -0.234. The van der Waals surface area contributed by atoms with Crippen molar-refractivity contribution in [3.63, 3.8) is 0 Å². The molecule has 0 aliphatic carbocycles. The van der Waals surface area contributed by atoms with Gasteiger partial charge in [0.2, 0.25) is 0 Å². The molecule has 0 aliphatic heterocycles. The van der Waals surface area contributed by atoms with Crippen LogP contribution in [0, 0.1) is 17.8 Å². The van der Waals surface area contributed by atoms with E-state index in [1.54, 1.807) is 24.3 Å². The molecule has 21 heavy (non-hydrogen) atoms. The lowest BCUT2D eigenvalue weighted by molar-refractivity contribution is 0.101. The van der Waals surface area contributed by atoms with Gasteiger partial charge in [0.15, 0.2) is 5.78 Å². The molecule has 0 atom stereocenters. The van der Waals surface area contributed by atoms with E-state index in [9.17, 15) is 9.59 Å². The Morgan fingerprint density at radius 2 is 1.71 bits per heavy atom. The van der Waals surface area contributed by atoms with Gasteiger partial charge < -0.3 is 10.6 Å². The highest BCUT2D eigenvalue weighted by Gasteiger charge is 2.18.